The van der Waals surface area contributed by atoms with Crippen molar-refractivity contribution in [3.8, 4) is 22.6 Å². The van der Waals surface area contributed by atoms with E-state index in [4.69, 9.17) is 32.7 Å². The molecule has 18 heavy (non-hydrogen) atoms. The first-order chi connectivity index (χ1) is 8.65. The van der Waals surface area contributed by atoms with Gasteiger partial charge in [0.1, 0.15) is 11.5 Å². The zero-order valence-corrected chi connectivity index (χ0v) is 11.5. The van der Waals surface area contributed by atoms with Gasteiger partial charge in [0.2, 0.25) is 0 Å². The van der Waals surface area contributed by atoms with Gasteiger partial charge in [-0.05, 0) is 24.3 Å². The van der Waals surface area contributed by atoms with Crippen LogP contribution in [0.15, 0.2) is 36.4 Å². The summed E-state index contributed by atoms with van der Waals surface area (Å²) in [4.78, 5) is 0. The van der Waals surface area contributed by atoms with Gasteiger partial charge < -0.3 is 9.47 Å². The maximum atomic E-state index is 6.20. The molecule has 0 heterocycles. The van der Waals surface area contributed by atoms with E-state index >= 15 is 0 Å². The van der Waals surface area contributed by atoms with E-state index in [1.54, 1.807) is 26.4 Å². The van der Waals surface area contributed by atoms with Gasteiger partial charge in [-0.3, -0.25) is 0 Å². The van der Waals surface area contributed by atoms with Crippen LogP contribution >= 0.6 is 23.2 Å². The van der Waals surface area contributed by atoms with Gasteiger partial charge in [0.25, 0.3) is 0 Å². The van der Waals surface area contributed by atoms with Crippen molar-refractivity contribution in [3.05, 3.63) is 46.4 Å². The van der Waals surface area contributed by atoms with Crippen molar-refractivity contribution in [3.63, 3.8) is 0 Å². The molecule has 0 saturated heterocycles. The summed E-state index contributed by atoms with van der Waals surface area (Å²) in [6, 6.07) is 11.0. The quantitative estimate of drug-likeness (QED) is 0.814. The van der Waals surface area contributed by atoms with E-state index in [2.05, 4.69) is 0 Å². The van der Waals surface area contributed by atoms with Gasteiger partial charge in [0.05, 0.1) is 19.2 Å². The monoisotopic (exact) mass is 282 g/mol. The summed E-state index contributed by atoms with van der Waals surface area (Å²) in [5, 5.41) is 1.20. The molecule has 0 N–H and O–H groups in total. The lowest BCUT2D eigenvalue weighted by atomic mass is 10.0. The van der Waals surface area contributed by atoms with Crippen LogP contribution < -0.4 is 9.47 Å². The molecule has 2 aromatic carbocycles. The van der Waals surface area contributed by atoms with Gasteiger partial charge in [0, 0.05) is 22.2 Å². The molecule has 0 radical (unpaired) electrons. The van der Waals surface area contributed by atoms with Crippen molar-refractivity contribution in [2.45, 2.75) is 0 Å². The highest BCUT2D eigenvalue weighted by Gasteiger charge is 2.10. The van der Waals surface area contributed by atoms with Crippen LogP contribution in [0, 0.1) is 0 Å². The predicted molar refractivity (Wildman–Crippen MR) is 75.0 cm³/mol. The summed E-state index contributed by atoms with van der Waals surface area (Å²) in [6.07, 6.45) is 0. The number of methoxy groups -OCH3 is 2. The Morgan fingerprint density at radius 3 is 2.17 bits per heavy atom. The number of ether oxygens (including phenoxy) is 2. The molecule has 0 unspecified atom stereocenters. The van der Waals surface area contributed by atoms with Crippen molar-refractivity contribution in [2.24, 2.45) is 0 Å². The van der Waals surface area contributed by atoms with Gasteiger partial charge in [-0.2, -0.15) is 0 Å². The molecule has 0 aliphatic carbocycles. The average molecular weight is 283 g/mol. The van der Waals surface area contributed by atoms with E-state index in [0.717, 1.165) is 16.9 Å². The van der Waals surface area contributed by atoms with Crippen LogP contribution in [0.2, 0.25) is 10.0 Å². The fourth-order valence-corrected chi connectivity index (χ4v) is 2.24. The Hall–Kier alpha value is -1.38. The molecule has 0 saturated carbocycles. The summed E-state index contributed by atoms with van der Waals surface area (Å²) in [7, 11) is 3.23. The van der Waals surface area contributed by atoms with Crippen LogP contribution in [0.25, 0.3) is 11.1 Å². The number of rotatable bonds is 3. The second-order valence-electron chi connectivity index (χ2n) is 3.69. The van der Waals surface area contributed by atoms with Crippen LogP contribution in [0.1, 0.15) is 0 Å². The summed E-state index contributed by atoms with van der Waals surface area (Å²) >= 11 is 12.1. The Balaban J connectivity index is 2.56. The second kappa shape index (κ2) is 5.51. The van der Waals surface area contributed by atoms with Crippen molar-refractivity contribution >= 4 is 23.2 Å². The third-order valence-corrected chi connectivity index (χ3v) is 3.18. The molecule has 0 amide bonds. The molecule has 0 atom stereocenters. The highest BCUT2D eigenvalue weighted by molar-refractivity contribution is 6.36. The van der Waals surface area contributed by atoms with Crippen LogP contribution in [0.3, 0.4) is 0 Å². The Labute approximate surface area is 116 Å². The Morgan fingerprint density at radius 1 is 0.833 bits per heavy atom. The highest BCUT2D eigenvalue weighted by atomic mass is 35.5. The maximum absolute atomic E-state index is 6.20. The number of hydrogen-bond donors (Lipinski definition) is 0. The molecule has 0 aliphatic rings. The molecule has 0 aromatic heterocycles. The second-order valence-corrected chi connectivity index (χ2v) is 4.53. The molecule has 0 fully saturated rings. The number of hydrogen-bond acceptors (Lipinski definition) is 2. The molecule has 0 aliphatic heterocycles. The van der Waals surface area contributed by atoms with Crippen LogP contribution in [-0.2, 0) is 0 Å². The van der Waals surface area contributed by atoms with E-state index in [1.807, 2.05) is 24.3 Å². The zero-order valence-electron chi connectivity index (χ0n) is 10.0. The predicted octanol–water partition coefficient (Wildman–Crippen LogP) is 4.68. The normalized spacial score (nSPS) is 10.2. The van der Waals surface area contributed by atoms with E-state index in [9.17, 15) is 0 Å². The minimum absolute atomic E-state index is 0.589. The van der Waals surface area contributed by atoms with Gasteiger partial charge in [-0.25, -0.2) is 0 Å². The van der Waals surface area contributed by atoms with Gasteiger partial charge in [-0.15, -0.1) is 0 Å². The van der Waals surface area contributed by atoms with Crippen LogP contribution in [0.4, 0.5) is 0 Å². The SMILES string of the molecule is COc1ccc(-c2ccc(Cl)cc2Cl)c(OC)c1. The third-order valence-electron chi connectivity index (χ3n) is 2.63. The molecule has 94 valence electrons. The largest absolute Gasteiger partial charge is 0.497 e. The lowest BCUT2D eigenvalue weighted by molar-refractivity contribution is 0.395. The Bertz CT molecular complexity index is 568. The van der Waals surface area contributed by atoms with E-state index in [-0.39, 0.29) is 0 Å². The third kappa shape index (κ3) is 2.55. The van der Waals surface area contributed by atoms with E-state index in [1.165, 1.54) is 0 Å². The Kier molecular flexibility index (Phi) is 4.00. The highest BCUT2D eigenvalue weighted by Crippen LogP contribution is 2.37. The average Bonchev–Trinajstić information content (AvgIpc) is 2.38. The molecule has 2 rings (SSSR count). The van der Waals surface area contributed by atoms with Crippen molar-refractivity contribution in [2.75, 3.05) is 14.2 Å². The van der Waals surface area contributed by atoms with Crippen molar-refractivity contribution in [1.29, 1.82) is 0 Å². The summed E-state index contributed by atoms with van der Waals surface area (Å²) in [6.45, 7) is 0. The van der Waals surface area contributed by atoms with Crippen molar-refractivity contribution < 1.29 is 9.47 Å². The number of benzene rings is 2. The zero-order chi connectivity index (χ0) is 13.1. The molecule has 0 bridgehead atoms. The molecule has 2 nitrogen and oxygen atoms in total. The first-order valence-electron chi connectivity index (χ1n) is 5.33. The van der Waals surface area contributed by atoms with Crippen LogP contribution in [-0.4, -0.2) is 14.2 Å². The summed E-state index contributed by atoms with van der Waals surface area (Å²) in [5.41, 5.74) is 1.78. The topological polar surface area (TPSA) is 18.5 Å². The first kappa shape index (κ1) is 13.1. The van der Waals surface area contributed by atoms with Gasteiger partial charge >= 0.3 is 0 Å². The first-order valence-corrected chi connectivity index (χ1v) is 6.08. The molecular weight excluding hydrogens is 271 g/mol. The standard InChI is InChI=1S/C14H12Cl2O2/c1-17-10-4-6-12(14(8-10)18-2)11-5-3-9(15)7-13(11)16/h3-8H,1-2H3. The Morgan fingerprint density at radius 2 is 1.56 bits per heavy atom. The smallest absolute Gasteiger partial charge is 0.130 e. The number of halogens is 2. The lowest BCUT2D eigenvalue weighted by Gasteiger charge is -2.12. The molecule has 0 spiro atoms. The van der Waals surface area contributed by atoms with E-state index < -0.39 is 0 Å². The van der Waals surface area contributed by atoms with Crippen molar-refractivity contribution in [1.82, 2.24) is 0 Å². The van der Waals surface area contributed by atoms with Gasteiger partial charge in [-0.1, -0.05) is 29.3 Å². The van der Waals surface area contributed by atoms with Gasteiger partial charge in [0.15, 0.2) is 0 Å². The lowest BCUT2D eigenvalue weighted by Crippen LogP contribution is -1.91. The molecular formula is C14H12Cl2O2. The summed E-state index contributed by atoms with van der Waals surface area (Å²) < 4.78 is 10.5. The molecule has 2 aromatic rings. The van der Waals surface area contributed by atoms with E-state index in [0.29, 0.717) is 15.8 Å². The molecule has 4 heteroatoms. The minimum Gasteiger partial charge on any atom is -0.497 e. The fourth-order valence-electron chi connectivity index (χ4n) is 1.73. The maximum Gasteiger partial charge on any atom is 0.130 e. The minimum atomic E-state index is 0.589. The summed E-state index contributed by atoms with van der Waals surface area (Å²) in [5.74, 6) is 1.44. The van der Waals surface area contributed by atoms with Crippen LogP contribution in [0.5, 0.6) is 11.5 Å². The fraction of sp³-hybridized carbons (Fsp3) is 0.143.